The Bertz CT molecular complexity index is 291. The zero-order valence-electron chi connectivity index (χ0n) is 7.95. The van der Waals surface area contributed by atoms with E-state index in [0.717, 1.165) is 0 Å². The molecule has 4 heteroatoms. The summed E-state index contributed by atoms with van der Waals surface area (Å²) >= 11 is 0. The van der Waals surface area contributed by atoms with Crippen LogP contribution in [0.2, 0.25) is 0 Å². The molecule has 0 saturated carbocycles. The summed E-state index contributed by atoms with van der Waals surface area (Å²) in [6.45, 7) is 1.00. The van der Waals surface area contributed by atoms with Crippen LogP contribution in [0.25, 0.3) is 0 Å². The normalized spacial score (nSPS) is 9.79. The number of benzene rings is 1. The van der Waals surface area contributed by atoms with E-state index in [2.05, 4.69) is 0 Å². The summed E-state index contributed by atoms with van der Waals surface area (Å²) in [4.78, 5) is 10.6. The van der Waals surface area contributed by atoms with E-state index >= 15 is 0 Å². The van der Waals surface area contributed by atoms with Crippen LogP contribution >= 0.6 is 0 Å². The van der Waals surface area contributed by atoms with Gasteiger partial charge in [0.15, 0.2) is 0 Å². The van der Waals surface area contributed by atoms with Crippen molar-refractivity contribution in [1.29, 1.82) is 0 Å². The van der Waals surface area contributed by atoms with Gasteiger partial charge in [-0.3, -0.25) is 0 Å². The van der Waals surface area contributed by atoms with Crippen LogP contribution in [-0.2, 0) is 4.74 Å². The summed E-state index contributed by atoms with van der Waals surface area (Å²) in [5.74, 6) is -0.0134. The van der Waals surface area contributed by atoms with Gasteiger partial charge in [-0.05, 0) is 24.3 Å². The third-order valence-corrected chi connectivity index (χ3v) is 1.67. The van der Waals surface area contributed by atoms with Crippen molar-refractivity contribution in [3.63, 3.8) is 0 Å². The second-order valence-electron chi connectivity index (χ2n) is 2.69. The first kappa shape index (κ1) is 10.5. The lowest BCUT2D eigenvalue weighted by molar-refractivity contribution is 0.0697. The molecule has 0 atom stereocenters. The molecule has 0 aromatic heterocycles. The van der Waals surface area contributed by atoms with E-state index in [1.165, 1.54) is 0 Å². The largest absolute Gasteiger partial charge is 0.561 e. The number of carbonyl (C=O) groups is 1. The Hall–Kier alpha value is -1.55. The van der Waals surface area contributed by atoms with Crippen LogP contribution in [0.4, 0.5) is 0 Å². The van der Waals surface area contributed by atoms with Crippen LogP contribution in [0.5, 0.6) is 5.75 Å². The number of ether oxygens (including phenoxy) is 2. The fourth-order valence-electron chi connectivity index (χ4n) is 0.945. The van der Waals surface area contributed by atoms with Gasteiger partial charge in [0.2, 0.25) is 0 Å². The van der Waals surface area contributed by atoms with E-state index in [1.807, 2.05) is 0 Å². The first-order chi connectivity index (χ1) is 6.74. The quantitative estimate of drug-likeness (QED) is 0.512. The number of rotatable bonds is 5. The third kappa shape index (κ3) is 3.06. The van der Waals surface area contributed by atoms with E-state index < -0.39 is 5.97 Å². The van der Waals surface area contributed by atoms with Crippen LogP contribution < -0.4 is 4.74 Å². The van der Waals surface area contributed by atoms with Crippen LogP contribution in [0.15, 0.2) is 24.3 Å². The Morgan fingerprint density at radius 1 is 1.29 bits per heavy atom. The molecule has 0 aliphatic heterocycles. The van der Waals surface area contributed by atoms with Gasteiger partial charge >= 0.3 is 5.97 Å². The predicted molar refractivity (Wildman–Crippen MR) is 51.8 cm³/mol. The molecule has 76 valence electrons. The summed E-state index contributed by atoms with van der Waals surface area (Å²) in [7, 11) is 1.60. The van der Waals surface area contributed by atoms with Crippen LogP contribution in [0.1, 0.15) is 10.4 Å². The Labute approximate surface area is 82.1 Å². The summed E-state index contributed by atoms with van der Waals surface area (Å²) in [6, 6.07) is 6.46. The van der Waals surface area contributed by atoms with Crippen LogP contribution in [-0.4, -0.2) is 31.4 Å². The average Bonchev–Trinajstić information content (AvgIpc) is 2.19. The highest BCUT2D eigenvalue weighted by atomic mass is 16.5. The Kier molecular flexibility index (Phi) is 3.94. The fourth-order valence-corrected chi connectivity index (χ4v) is 0.945. The monoisotopic (exact) mass is 197 g/mol. The minimum atomic E-state index is -0.687. The third-order valence-electron chi connectivity index (χ3n) is 1.67. The van der Waals surface area contributed by atoms with Crippen molar-refractivity contribution in [3.8, 4) is 5.75 Å². The minimum absolute atomic E-state index is 0.365. The standard InChI is InChI=1S/C10H12O4/c1-13-6-7-14-9-4-2-8(3-5-9)10(11)12/h2-5H,6-7H2,1H3,(H,11,12)/p+1. The second-order valence-corrected chi connectivity index (χ2v) is 2.69. The van der Waals surface area contributed by atoms with Crippen molar-refractivity contribution in [2.24, 2.45) is 0 Å². The lowest BCUT2D eigenvalue weighted by Gasteiger charge is -2.04. The minimum Gasteiger partial charge on any atom is -0.561 e. The topological polar surface area (TPSA) is 58.4 Å². The lowest BCUT2D eigenvalue weighted by Crippen LogP contribution is -2.04. The van der Waals surface area contributed by atoms with Crippen molar-refractivity contribution in [2.75, 3.05) is 20.3 Å². The molecule has 0 aliphatic carbocycles. The van der Waals surface area contributed by atoms with E-state index in [-0.39, 0.29) is 0 Å². The number of hydrogen-bond acceptors (Lipinski definition) is 3. The smallest absolute Gasteiger partial charge is 0.549 e. The first-order valence-corrected chi connectivity index (χ1v) is 4.22. The maximum Gasteiger partial charge on any atom is 0.549 e. The second kappa shape index (κ2) is 5.24. The van der Waals surface area contributed by atoms with Gasteiger partial charge in [0, 0.05) is 11.9 Å². The fraction of sp³-hybridized carbons (Fsp3) is 0.300. The first-order valence-electron chi connectivity index (χ1n) is 4.22. The van der Waals surface area contributed by atoms with E-state index in [4.69, 9.17) is 14.6 Å². The van der Waals surface area contributed by atoms with Gasteiger partial charge in [-0.15, -0.1) is 0 Å². The molecular formula is C10H13O4+. The molecule has 2 N–H and O–H groups in total. The van der Waals surface area contributed by atoms with Gasteiger partial charge < -0.3 is 14.6 Å². The molecule has 0 heterocycles. The highest BCUT2D eigenvalue weighted by Gasteiger charge is 2.09. The Morgan fingerprint density at radius 2 is 1.93 bits per heavy atom. The molecular weight excluding hydrogens is 184 g/mol. The molecule has 0 amide bonds. The van der Waals surface area contributed by atoms with Crippen molar-refractivity contribution >= 4 is 5.97 Å². The molecule has 1 aromatic rings. The Balaban J connectivity index is 2.51. The van der Waals surface area contributed by atoms with Crippen LogP contribution in [0, 0.1) is 0 Å². The van der Waals surface area contributed by atoms with Gasteiger partial charge in [0.05, 0.1) is 6.61 Å². The predicted octanol–water partition coefficient (Wildman–Crippen LogP) is 0.577. The molecule has 0 bridgehead atoms. The van der Waals surface area contributed by atoms with E-state index in [0.29, 0.717) is 24.5 Å². The summed E-state index contributed by atoms with van der Waals surface area (Å²) in [5.41, 5.74) is 0.365. The highest BCUT2D eigenvalue weighted by molar-refractivity contribution is 5.87. The molecule has 4 nitrogen and oxygen atoms in total. The zero-order chi connectivity index (χ0) is 10.4. The van der Waals surface area contributed by atoms with E-state index in [1.54, 1.807) is 31.4 Å². The lowest BCUT2D eigenvalue weighted by atomic mass is 10.2. The summed E-state index contributed by atoms with van der Waals surface area (Å²) < 4.78 is 10.1. The van der Waals surface area contributed by atoms with Crippen molar-refractivity contribution < 1.29 is 19.4 Å². The van der Waals surface area contributed by atoms with Gasteiger partial charge in [0.25, 0.3) is 0 Å². The highest BCUT2D eigenvalue weighted by Crippen LogP contribution is 2.11. The van der Waals surface area contributed by atoms with Gasteiger partial charge in [0.1, 0.15) is 17.9 Å². The van der Waals surface area contributed by atoms with Crippen LogP contribution in [0.3, 0.4) is 0 Å². The maximum absolute atomic E-state index is 10.6. The number of hydrogen-bond donors (Lipinski definition) is 0. The van der Waals surface area contributed by atoms with Gasteiger partial charge in [-0.1, -0.05) is 0 Å². The molecule has 0 unspecified atom stereocenters. The number of carbonyl (C=O) groups excluding carboxylic acids is 1. The van der Waals surface area contributed by atoms with Crippen molar-refractivity contribution in [2.45, 2.75) is 0 Å². The zero-order valence-corrected chi connectivity index (χ0v) is 7.95. The van der Waals surface area contributed by atoms with E-state index in [9.17, 15) is 4.79 Å². The van der Waals surface area contributed by atoms with Crippen molar-refractivity contribution in [3.05, 3.63) is 29.8 Å². The molecule has 14 heavy (non-hydrogen) atoms. The molecule has 1 rings (SSSR count). The Morgan fingerprint density at radius 3 is 2.43 bits per heavy atom. The average molecular weight is 197 g/mol. The maximum atomic E-state index is 10.6. The summed E-state index contributed by atoms with van der Waals surface area (Å²) in [6.07, 6.45) is 0. The SMILES string of the molecule is COCCOc1ccc(C(=O)[OH2+])cc1. The summed E-state index contributed by atoms with van der Waals surface area (Å²) in [5, 5.41) is 6.86. The molecule has 0 aliphatic rings. The molecule has 0 fully saturated rings. The van der Waals surface area contributed by atoms with Gasteiger partial charge in [-0.2, -0.15) is 0 Å². The van der Waals surface area contributed by atoms with Crippen molar-refractivity contribution in [1.82, 2.24) is 0 Å². The van der Waals surface area contributed by atoms with Gasteiger partial charge in [-0.25, -0.2) is 0 Å². The number of methoxy groups -OCH3 is 1. The molecule has 0 saturated heterocycles. The molecule has 0 spiro atoms. The molecule has 1 aromatic carbocycles. The molecule has 0 radical (unpaired) electrons.